The first-order valence-electron chi connectivity index (χ1n) is 6.49. The molecule has 0 radical (unpaired) electrons. The fourth-order valence-electron chi connectivity index (χ4n) is 1.56. The van der Waals surface area contributed by atoms with E-state index in [-0.39, 0.29) is 18.2 Å². The van der Waals surface area contributed by atoms with Gasteiger partial charge in [-0.3, -0.25) is 4.79 Å². The Morgan fingerprint density at radius 1 is 1.40 bits per heavy atom. The van der Waals surface area contributed by atoms with E-state index in [2.05, 4.69) is 5.32 Å². The zero-order valence-corrected chi connectivity index (χ0v) is 13.7. The van der Waals surface area contributed by atoms with Gasteiger partial charge in [-0.1, -0.05) is 18.5 Å². The van der Waals surface area contributed by atoms with Gasteiger partial charge in [0.1, 0.15) is 5.60 Å². The monoisotopic (exact) mass is 317 g/mol. The minimum absolute atomic E-state index is 0.0233. The van der Waals surface area contributed by atoms with E-state index in [0.717, 1.165) is 0 Å². The molecule has 1 amide bonds. The third-order valence-electron chi connectivity index (χ3n) is 2.49. The molecule has 1 atom stereocenters. The predicted molar refractivity (Wildman–Crippen MR) is 81.7 cm³/mol. The number of thiophene rings is 1. The minimum Gasteiger partial charge on any atom is -0.444 e. The average molecular weight is 318 g/mol. The minimum atomic E-state index is -0.548. The number of hydrogen-bond acceptors (Lipinski definition) is 4. The Labute approximate surface area is 128 Å². The zero-order valence-electron chi connectivity index (χ0n) is 12.2. The van der Waals surface area contributed by atoms with Crippen molar-refractivity contribution >= 4 is 34.8 Å². The van der Waals surface area contributed by atoms with Crippen LogP contribution in [0.2, 0.25) is 4.34 Å². The first-order valence-corrected chi connectivity index (χ1v) is 7.68. The predicted octanol–water partition coefficient (Wildman–Crippen LogP) is 4.28. The first-order chi connectivity index (χ1) is 9.21. The maximum Gasteiger partial charge on any atom is 0.407 e. The highest BCUT2D eigenvalue weighted by atomic mass is 35.5. The van der Waals surface area contributed by atoms with Crippen LogP contribution in [0, 0.1) is 0 Å². The standard InChI is InChI=1S/C14H20ClNO3S/c1-5-9(16-13(18)19-14(2,3)4)8-10(17)11-6-7-12(15)20-11/h6-7,9H,5,8H2,1-4H3,(H,16,18). The number of rotatable bonds is 5. The molecule has 1 N–H and O–H groups in total. The summed E-state index contributed by atoms with van der Waals surface area (Å²) in [5.74, 6) is -0.0233. The number of halogens is 1. The van der Waals surface area contributed by atoms with Gasteiger partial charge in [-0.05, 0) is 39.3 Å². The zero-order chi connectivity index (χ0) is 15.3. The molecule has 1 unspecified atom stereocenters. The van der Waals surface area contributed by atoms with E-state index in [1.165, 1.54) is 11.3 Å². The second kappa shape index (κ2) is 7.09. The summed E-state index contributed by atoms with van der Waals surface area (Å²) in [6, 6.07) is 3.16. The molecule has 0 aliphatic heterocycles. The van der Waals surface area contributed by atoms with Crippen LogP contribution >= 0.6 is 22.9 Å². The summed E-state index contributed by atoms with van der Waals surface area (Å²) >= 11 is 7.06. The van der Waals surface area contributed by atoms with Crippen LogP contribution in [0.5, 0.6) is 0 Å². The third kappa shape index (κ3) is 5.92. The van der Waals surface area contributed by atoms with E-state index in [1.54, 1.807) is 32.9 Å². The van der Waals surface area contributed by atoms with Crippen LogP contribution in [0.25, 0.3) is 0 Å². The van der Waals surface area contributed by atoms with Crippen molar-refractivity contribution in [1.29, 1.82) is 0 Å². The Hall–Kier alpha value is -1.07. The maximum atomic E-state index is 12.1. The van der Waals surface area contributed by atoms with Gasteiger partial charge < -0.3 is 10.1 Å². The quantitative estimate of drug-likeness (QED) is 0.825. The van der Waals surface area contributed by atoms with Gasteiger partial charge in [0.15, 0.2) is 5.78 Å². The number of ketones is 1. The average Bonchev–Trinajstić information content (AvgIpc) is 2.72. The fourth-order valence-corrected chi connectivity index (χ4v) is 2.55. The van der Waals surface area contributed by atoms with E-state index in [1.807, 2.05) is 6.92 Å². The van der Waals surface area contributed by atoms with Crippen molar-refractivity contribution in [2.24, 2.45) is 0 Å². The summed E-state index contributed by atoms with van der Waals surface area (Å²) < 4.78 is 5.77. The van der Waals surface area contributed by atoms with Crippen LogP contribution in [0.1, 0.15) is 50.2 Å². The van der Waals surface area contributed by atoms with Crippen molar-refractivity contribution in [3.63, 3.8) is 0 Å². The van der Waals surface area contributed by atoms with Crippen molar-refractivity contribution in [3.8, 4) is 0 Å². The van der Waals surface area contributed by atoms with Gasteiger partial charge >= 0.3 is 6.09 Å². The SMILES string of the molecule is CCC(CC(=O)c1ccc(Cl)s1)NC(=O)OC(C)(C)C. The molecule has 0 saturated carbocycles. The van der Waals surface area contributed by atoms with Crippen molar-refractivity contribution in [1.82, 2.24) is 5.32 Å². The Morgan fingerprint density at radius 2 is 2.05 bits per heavy atom. The summed E-state index contributed by atoms with van der Waals surface area (Å²) in [7, 11) is 0. The third-order valence-corrected chi connectivity index (χ3v) is 3.77. The molecule has 0 aliphatic rings. The van der Waals surface area contributed by atoms with E-state index in [9.17, 15) is 9.59 Å². The Kier molecular flexibility index (Phi) is 6.02. The van der Waals surface area contributed by atoms with Crippen LogP contribution < -0.4 is 5.32 Å². The molecular weight excluding hydrogens is 298 g/mol. The van der Waals surface area contributed by atoms with Crippen molar-refractivity contribution in [2.45, 2.75) is 52.2 Å². The molecule has 0 fully saturated rings. The van der Waals surface area contributed by atoms with Gasteiger partial charge in [0.2, 0.25) is 0 Å². The van der Waals surface area contributed by atoms with E-state index < -0.39 is 11.7 Å². The lowest BCUT2D eigenvalue weighted by molar-refractivity contribution is 0.0500. The Morgan fingerprint density at radius 3 is 2.50 bits per heavy atom. The molecule has 0 saturated heterocycles. The Balaban J connectivity index is 2.55. The number of amides is 1. The molecule has 1 rings (SSSR count). The number of alkyl carbamates (subject to hydrolysis) is 1. The molecule has 1 aromatic rings. The number of carbonyl (C=O) groups excluding carboxylic acids is 2. The van der Waals surface area contributed by atoms with Gasteiger partial charge in [-0.25, -0.2) is 4.79 Å². The Bertz CT molecular complexity index is 479. The molecular formula is C14H20ClNO3S. The highest BCUT2D eigenvalue weighted by Crippen LogP contribution is 2.23. The number of Topliss-reactive ketones (excluding diaryl/α,β-unsaturated/α-hetero) is 1. The largest absolute Gasteiger partial charge is 0.444 e. The molecule has 0 spiro atoms. The second-order valence-corrected chi connectivity index (χ2v) is 7.20. The van der Waals surface area contributed by atoms with Gasteiger partial charge in [-0.15, -0.1) is 11.3 Å². The van der Waals surface area contributed by atoms with Crippen LogP contribution in [0.3, 0.4) is 0 Å². The van der Waals surface area contributed by atoms with Crippen molar-refractivity contribution in [3.05, 3.63) is 21.3 Å². The number of nitrogens with one attached hydrogen (secondary N) is 1. The molecule has 20 heavy (non-hydrogen) atoms. The molecule has 4 nitrogen and oxygen atoms in total. The topological polar surface area (TPSA) is 55.4 Å². The summed E-state index contributed by atoms with van der Waals surface area (Å²) in [5, 5.41) is 2.72. The molecule has 0 aliphatic carbocycles. The lowest BCUT2D eigenvalue weighted by atomic mass is 10.1. The molecule has 1 heterocycles. The van der Waals surface area contributed by atoms with Gasteiger partial charge in [0, 0.05) is 12.5 Å². The lowest BCUT2D eigenvalue weighted by Crippen LogP contribution is -2.39. The summed E-state index contributed by atoms with van der Waals surface area (Å²) in [4.78, 5) is 24.4. The number of hydrogen-bond donors (Lipinski definition) is 1. The molecule has 0 bridgehead atoms. The van der Waals surface area contributed by atoms with Crippen molar-refractivity contribution < 1.29 is 14.3 Å². The molecule has 112 valence electrons. The summed E-state index contributed by atoms with van der Waals surface area (Å²) in [6.07, 6.45) is 0.401. The summed E-state index contributed by atoms with van der Waals surface area (Å²) in [5.41, 5.74) is -0.548. The van der Waals surface area contributed by atoms with Crippen LogP contribution in [-0.4, -0.2) is 23.5 Å². The van der Waals surface area contributed by atoms with E-state index in [0.29, 0.717) is 15.6 Å². The van der Waals surface area contributed by atoms with Crippen LogP contribution in [0.4, 0.5) is 4.79 Å². The van der Waals surface area contributed by atoms with Crippen LogP contribution in [0.15, 0.2) is 12.1 Å². The fraction of sp³-hybridized carbons (Fsp3) is 0.571. The van der Waals surface area contributed by atoms with Gasteiger partial charge in [0.25, 0.3) is 0 Å². The van der Waals surface area contributed by atoms with Gasteiger partial charge in [0.05, 0.1) is 9.21 Å². The highest BCUT2D eigenvalue weighted by molar-refractivity contribution is 7.18. The second-order valence-electron chi connectivity index (χ2n) is 5.48. The van der Waals surface area contributed by atoms with Crippen molar-refractivity contribution in [2.75, 3.05) is 0 Å². The molecule has 1 aromatic heterocycles. The highest BCUT2D eigenvalue weighted by Gasteiger charge is 2.21. The van der Waals surface area contributed by atoms with Gasteiger partial charge in [-0.2, -0.15) is 0 Å². The lowest BCUT2D eigenvalue weighted by Gasteiger charge is -2.22. The summed E-state index contributed by atoms with van der Waals surface area (Å²) in [6.45, 7) is 7.31. The number of carbonyl (C=O) groups is 2. The molecule has 6 heteroatoms. The molecule has 0 aromatic carbocycles. The normalized spacial score (nSPS) is 12.8. The maximum absolute atomic E-state index is 12.1. The first kappa shape index (κ1) is 17.0. The smallest absolute Gasteiger partial charge is 0.407 e. The van der Waals surface area contributed by atoms with E-state index >= 15 is 0 Å². The van der Waals surface area contributed by atoms with E-state index in [4.69, 9.17) is 16.3 Å². The van der Waals surface area contributed by atoms with Crippen LogP contribution in [-0.2, 0) is 4.74 Å². The number of ether oxygens (including phenoxy) is 1.